The average Bonchev–Trinajstić information content (AvgIpc) is 2.52. The van der Waals surface area contributed by atoms with Gasteiger partial charge in [-0.05, 0) is 64.0 Å². The quantitative estimate of drug-likeness (QED) is 0.789. The third-order valence-electron chi connectivity index (χ3n) is 5.76. The van der Waals surface area contributed by atoms with Gasteiger partial charge in [-0.25, -0.2) is 0 Å². The summed E-state index contributed by atoms with van der Waals surface area (Å²) in [4.78, 5) is 2.85. The van der Waals surface area contributed by atoms with E-state index < -0.39 is 0 Å². The van der Waals surface area contributed by atoms with Crippen LogP contribution in [0.15, 0.2) is 0 Å². The maximum absolute atomic E-state index is 3.72. The molecule has 2 heteroatoms. The van der Waals surface area contributed by atoms with Gasteiger partial charge < -0.3 is 10.2 Å². The van der Waals surface area contributed by atoms with E-state index in [1.807, 2.05) is 0 Å². The van der Waals surface area contributed by atoms with Gasteiger partial charge in [0, 0.05) is 18.6 Å². The van der Waals surface area contributed by atoms with E-state index in [1.165, 1.54) is 71.0 Å². The molecule has 2 aliphatic rings. The Bertz CT molecular complexity index is 266. The Labute approximate surface area is 126 Å². The number of hydrogen-bond acceptors (Lipinski definition) is 2. The maximum atomic E-state index is 3.72. The van der Waals surface area contributed by atoms with Crippen LogP contribution in [0.4, 0.5) is 0 Å². The van der Waals surface area contributed by atoms with Crippen molar-refractivity contribution < 1.29 is 0 Å². The predicted molar refractivity (Wildman–Crippen MR) is 88.1 cm³/mol. The molecule has 1 saturated carbocycles. The normalized spacial score (nSPS) is 34.0. The third-order valence-corrected chi connectivity index (χ3v) is 5.76. The van der Waals surface area contributed by atoms with E-state index in [-0.39, 0.29) is 0 Å². The second kappa shape index (κ2) is 8.38. The number of rotatable bonds is 6. The van der Waals surface area contributed by atoms with Crippen molar-refractivity contribution in [1.82, 2.24) is 10.2 Å². The Morgan fingerprint density at radius 3 is 2.75 bits per heavy atom. The summed E-state index contributed by atoms with van der Waals surface area (Å²) in [7, 11) is 0. The molecule has 2 fully saturated rings. The van der Waals surface area contributed by atoms with Crippen LogP contribution in [0.25, 0.3) is 0 Å². The first-order chi connectivity index (χ1) is 9.74. The van der Waals surface area contributed by atoms with Crippen LogP contribution in [0.5, 0.6) is 0 Å². The van der Waals surface area contributed by atoms with Crippen molar-refractivity contribution in [3.8, 4) is 0 Å². The molecule has 1 aliphatic carbocycles. The second-order valence-corrected chi connectivity index (χ2v) is 7.23. The van der Waals surface area contributed by atoms with Crippen molar-refractivity contribution in [2.45, 2.75) is 84.2 Å². The van der Waals surface area contributed by atoms with Crippen molar-refractivity contribution >= 4 is 0 Å². The lowest BCUT2D eigenvalue weighted by atomic mass is 9.81. The molecule has 20 heavy (non-hydrogen) atoms. The molecule has 4 atom stereocenters. The van der Waals surface area contributed by atoms with Gasteiger partial charge in [0.25, 0.3) is 0 Å². The topological polar surface area (TPSA) is 15.3 Å². The van der Waals surface area contributed by atoms with Crippen molar-refractivity contribution in [1.29, 1.82) is 0 Å². The van der Waals surface area contributed by atoms with Gasteiger partial charge in [0.1, 0.15) is 0 Å². The highest BCUT2D eigenvalue weighted by molar-refractivity contribution is 4.86. The van der Waals surface area contributed by atoms with Crippen LogP contribution in [0.3, 0.4) is 0 Å². The average molecular weight is 280 g/mol. The van der Waals surface area contributed by atoms with Crippen LogP contribution in [-0.2, 0) is 0 Å². The fourth-order valence-corrected chi connectivity index (χ4v) is 4.28. The molecule has 0 aromatic rings. The molecule has 1 N–H and O–H groups in total. The van der Waals surface area contributed by atoms with E-state index in [1.54, 1.807) is 0 Å². The minimum atomic E-state index is 0.698. The van der Waals surface area contributed by atoms with Gasteiger partial charge >= 0.3 is 0 Å². The molecule has 1 aliphatic heterocycles. The molecule has 2 nitrogen and oxygen atoms in total. The summed E-state index contributed by atoms with van der Waals surface area (Å²) in [6, 6.07) is 1.60. The predicted octanol–water partition coefficient (Wildman–Crippen LogP) is 4.06. The maximum Gasteiger partial charge on any atom is 0.00980 e. The lowest BCUT2D eigenvalue weighted by molar-refractivity contribution is 0.0715. The van der Waals surface area contributed by atoms with E-state index in [0.29, 0.717) is 6.04 Å². The van der Waals surface area contributed by atoms with Gasteiger partial charge in [-0.2, -0.15) is 0 Å². The number of piperidine rings is 1. The van der Waals surface area contributed by atoms with Crippen molar-refractivity contribution in [2.24, 2.45) is 11.8 Å². The zero-order valence-corrected chi connectivity index (χ0v) is 14.0. The van der Waals surface area contributed by atoms with E-state index >= 15 is 0 Å². The highest BCUT2D eigenvalue weighted by Crippen LogP contribution is 2.32. The molecule has 2 rings (SSSR count). The van der Waals surface area contributed by atoms with Gasteiger partial charge in [-0.15, -0.1) is 0 Å². The smallest absolute Gasteiger partial charge is 0.00980 e. The van der Waals surface area contributed by atoms with E-state index in [0.717, 1.165) is 17.9 Å². The SMILES string of the molecule is CCCNC(C)C1CCCN(C2CCCC(CC)C2)C1. The number of nitrogens with zero attached hydrogens (tertiary/aromatic N) is 1. The fourth-order valence-electron chi connectivity index (χ4n) is 4.28. The molecule has 1 heterocycles. The molecule has 0 bridgehead atoms. The monoisotopic (exact) mass is 280 g/mol. The number of hydrogen-bond donors (Lipinski definition) is 1. The van der Waals surface area contributed by atoms with Gasteiger partial charge in [-0.1, -0.05) is 33.1 Å². The molecule has 1 saturated heterocycles. The Balaban J connectivity index is 1.83. The van der Waals surface area contributed by atoms with Crippen LogP contribution in [0, 0.1) is 11.8 Å². The van der Waals surface area contributed by atoms with Gasteiger partial charge in [-0.3, -0.25) is 0 Å². The van der Waals surface area contributed by atoms with Gasteiger partial charge in [0.2, 0.25) is 0 Å². The first-order valence-corrected chi connectivity index (χ1v) is 9.22. The third kappa shape index (κ3) is 4.46. The molecule has 0 amide bonds. The summed E-state index contributed by atoms with van der Waals surface area (Å²) in [5.41, 5.74) is 0. The van der Waals surface area contributed by atoms with Crippen molar-refractivity contribution in [3.05, 3.63) is 0 Å². The van der Waals surface area contributed by atoms with Crippen LogP contribution in [0.2, 0.25) is 0 Å². The Hall–Kier alpha value is -0.0800. The molecular weight excluding hydrogens is 244 g/mol. The fraction of sp³-hybridized carbons (Fsp3) is 1.00. The number of nitrogens with one attached hydrogen (secondary N) is 1. The summed E-state index contributed by atoms with van der Waals surface area (Å²) in [6.45, 7) is 10.9. The molecule has 0 aromatic heterocycles. The molecular formula is C18H36N2. The summed E-state index contributed by atoms with van der Waals surface area (Å²) in [5, 5.41) is 3.72. The van der Waals surface area contributed by atoms with E-state index in [9.17, 15) is 0 Å². The zero-order valence-electron chi connectivity index (χ0n) is 14.0. The van der Waals surface area contributed by atoms with E-state index in [2.05, 4.69) is 31.0 Å². The zero-order chi connectivity index (χ0) is 14.4. The molecule has 0 spiro atoms. The summed E-state index contributed by atoms with van der Waals surface area (Å²) in [6.07, 6.45) is 11.4. The number of likely N-dealkylation sites (tertiary alicyclic amines) is 1. The molecule has 118 valence electrons. The highest BCUT2D eigenvalue weighted by atomic mass is 15.2. The first kappa shape index (κ1) is 16.3. The van der Waals surface area contributed by atoms with Crippen molar-refractivity contribution in [3.63, 3.8) is 0 Å². The Morgan fingerprint density at radius 2 is 2.00 bits per heavy atom. The lowest BCUT2D eigenvalue weighted by Crippen LogP contribution is -2.49. The Kier molecular flexibility index (Phi) is 6.83. The standard InChI is InChI=1S/C18H36N2/c1-4-11-19-15(3)17-9-7-12-20(14-17)18-10-6-8-16(5-2)13-18/h15-19H,4-14H2,1-3H3. The highest BCUT2D eigenvalue weighted by Gasteiger charge is 2.31. The summed E-state index contributed by atoms with van der Waals surface area (Å²) >= 11 is 0. The summed E-state index contributed by atoms with van der Waals surface area (Å²) in [5.74, 6) is 1.88. The van der Waals surface area contributed by atoms with Crippen molar-refractivity contribution in [2.75, 3.05) is 19.6 Å². The second-order valence-electron chi connectivity index (χ2n) is 7.23. The Morgan fingerprint density at radius 1 is 1.15 bits per heavy atom. The van der Waals surface area contributed by atoms with Crippen LogP contribution < -0.4 is 5.32 Å². The lowest BCUT2D eigenvalue weighted by Gasteiger charge is -2.43. The van der Waals surface area contributed by atoms with Crippen LogP contribution >= 0.6 is 0 Å². The first-order valence-electron chi connectivity index (χ1n) is 9.22. The van der Waals surface area contributed by atoms with E-state index in [4.69, 9.17) is 0 Å². The van der Waals surface area contributed by atoms with Gasteiger partial charge in [0.05, 0.1) is 0 Å². The summed E-state index contributed by atoms with van der Waals surface area (Å²) < 4.78 is 0. The molecule has 0 radical (unpaired) electrons. The van der Waals surface area contributed by atoms with Gasteiger partial charge in [0.15, 0.2) is 0 Å². The van der Waals surface area contributed by atoms with Crippen LogP contribution in [0.1, 0.15) is 72.1 Å². The largest absolute Gasteiger partial charge is 0.314 e. The molecule has 0 aromatic carbocycles. The minimum Gasteiger partial charge on any atom is -0.314 e. The molecule has 4 unspecified atom stereocenters. The minimum absolute atomic E-state index is 0.698. The van der Waals surface area contributed by atoms with Crippen LogP contribution in [-0.4, -0.2) is 36.6 Å².